The number of hydrogen-bond acceptors (Lipinski definition) is 6. The van der Waals surface area contributed by atoms with E-state index in [9.17, 15) is 9.59 Å². The standard InChI is InChI=1S/C17H16N4O3S/c1-21(2)17(23)9-3-5-10(6-4-9)24-11-7-8-20-16-12(11)13(18)14(25-16)15(19)22/h3-8H,18H2,1-2H3,(H2,19,22). The summed E-state index contributed by atoms with van der Waals surface area (Å²) < 4.78 is 5.87. The molecule has 8 heteroatoms. The van der Waals surface area contributed by atoms with Crippen LogP contribution in [0.2, 0.25) is 0 Å². The number of hydrogen-bond donors (Lipinski definition) is 2. The molecule has 0 aliphatic heterocycles. The zero-order valence-corrected chi connectivity index (χ0v) is 14.5. The molecule has 0 unspecified atom stereocenters. The highest BCUT2D eigenvalue weighted by Crippen LogP contribution is 2.39. The second kappa shape index (κ2) is 6.40. The molecule has 2 heterocycles. The Kier molecular flexibility index (Phi) is 4.28. The van der Waals surface area contributed by atoms with E-state index in [2.05, 4.69) is 4.98 Å². The molecule has 2 amide bonds. The molecule has 0 aliphatic rings. The molecule has 3 aromatic rings. The lowest BCUT2D eigenvalue weighted by Crippen LogP contribution is -2.21. The van der Waals surface area contributed by atoms with Gasteiger partial charge >= 0.3 is 0 Å². The number of amides is 2. The summed E-state index contributed by atoms with van der Waals surface area (Å²) in [6, 6.07) is 8.42. The van der Waals surface area contributed by atoms with E-state index in [0.29, 0.717) is 27.3 Å². The van der Waals surface area contributed by atoms with Gasteiger partial charge in [0.25, 0.3) is 11.8 Å². The second-order valence-electron chi connectivity index (χ2n) is 5.52. The third-order valence-corrected chi connectivity index (χ3v) is 4.68. The fourth-order valence-electron chi connectivity index (χ4n) is 2.34. The van der Waals surface area contributed by atoms with Crippen LogP contribution in [0.4, 0.5) is 5.69 Å². The van der Waals surface area contributed by atoms with Gasteiger partial charge in [-0.25, -0.2) is 4.98 Å². The molecular formula is C17H16N4O3S. The molecule has 0 bridgehead atoms. The van der Waals surface area contributed by atoms with E-state index in [4.69, 9.17) is 16.2 Å². The van der Waals surface area contributed by atoms with E-state index in [-0.39, 0.29) is 16.5 Å². The number of benzene rings is 1. The summed E-state index contributed by atoms with van der Waals surface area (Å²) in [6.07, 6.45) is 1.57. The summed E-state index contributed by atoms with van der Waals surface area (Å²) in [7, 11) is 3.38. The molecule has 0 spiro atoms. The number of nitrogen functional groups attached to an aromatic ring is 1. The molecule has 2 aromatic heterocycles. The largest absolute Gasteiger partial charge is 0.456 e. The van der Waals surface area contributed by atoms with Crippen molar-refractivity contribution in [2.45, 2.75) is 0 Å². The first-order valence-corrected chi connectivity index (χ1v) is 8.16. The number of carbonyl (C=O) groups excluding carboxylic acids is 2. The first-order valence-electron chi connectivity index (χ1n) is 7.35. The zero-order valence-electron chi connectivity index (χ0n) is 13.6. The summed E-state index contributed by atoms with van der Waals surface area (Å²) in [4.78, 5) is 29.9. The van der Waals surface area contributed by atoms with Gasteiger partial charge in [-0.05, 0) is 30.3 Å². The Morgan fingerprint density at radius 3 is 2.44 bits per heavy atom. The maximum absolute atomic E-state index is 11.9. The van der Waals surface area contributed by atoms with Crippen molar-refractivity contribution >= 4 is 39.1 Å². The van der Waals surface area contributed by atoms with Crippen LogP contribution in [-0.4, -0.2) is 35.8 Å². The quantitative estimate of drug-likeness (QED) is 0.746. The van der Waals surface area contributed by atoms with Crippen LogP contribution in [0.15, 0.2) is 36.5 Å². The van der Waals surface area contributed by atoms with Gasteiger partial charge in [-0.1, -0.05) is 0 Å². The first kappa shape index (κ1) is 16.7. The summed E-state index contributed by atoms with van der Waals surface area (Å²) in [5, 5.41) is 0.551. The molecule has 0 atom stereocenters. The monoisotopic (exact) mass is 356 g/mol. The summed E-state index contributed by atoms with van der Waals surface area (Å²) in [5.74, 6) is 0.316. The van der Waals surface area contributed by atoms with Gasteiger partial charge in [0.1, 0.15) is 21.2 Å². The summed E-state index contributed by atoms with van der Waals surface area (Å²) >= 11 is 1.13. The van der Waals surface area contributed by atoms with Crippen molar-refractivity contribution in [3.63, 3.8) is 0 Å². The number of nitrogens with zero attached hydrogens (tertiary/aromatic N) is 2. The molecule has 25 heavy (non-hydrogen) atoms. The number of primary amides is 1. The number of nitrogens with two attached hydrogens (primary N) is 2. The number of rotatable bonds is 4. The zero-order chi connectivity index (χ0) is 18.1. The smallest absolute Gasteiger partial charge is 0.260 e. The van der Waals surface area contributed by atoms with Gasteiger partial charge in [-0.15, -0.1) is 11.3 Å². The van der Waals surface area contributed by atoms with Gasteiger partial charge in [0, 0.05) is 25.9 Å². The van der Waals surface area contributed by atoms with Gasteiger partial charge in [0.15, 0.2) is 0 Å². The fourth-order valence-corrected chi connectivity index (χ4v) is 3.27. The van der Waals surface area contributed by atoms with Crippen molar-refractivity contribution < 1.29 is 14.3 Å². The van der Waals surface area contributed by atoms with Crippen molar-refractivity contribution in [1.29, 1.82) is 0 Å². The molecule has 0 aliphatic carbocycles. The molecule has 0 saturated carbocycles. The average Bonchev–Trinajstić information content (AvgIpc) is 2.93. The van der Waals surface area contributed by atoms with E-state index < -0.39 is 5.91 Å². The van der Waals surface area contributed by atoms with Gasteiger partial charge < -0.3 is 21.1 Å². The highest BCUT2D eigenvalue weighted by atomic mass is 32.1. The lowest BCUT2D eigenvalue weighted by atomic mass is 10.2. The fraction of sp³-hybridized carbons (Fsp3) is 0.118. The van der Waals surface area contributed by atoms with Gasteiger partial charge in [-0.3, -0.25) is 9.59 Å². The predicted octanol–water partition coefficient (Wildman–Crippen LogP) is 2.47. The van der Waals surface area contributed by atoms with Crippen LogP contribution in [0.3, 0.4) is 0 Å². The highest BCUT2D eigenvalue weighted by molar-refractivity contribution is 7.21. The maximum atomic E-state index is 11.9. The van der Waals surface area contributed by atoms with Crippen LogP contribution < -0.4 is 16.2 Å². The van der Waals surface area contributed by atoms with Crippen molar-refractivity contribution in [2.75, 3.05) is 19.8 Å². The highest BCUT2D eigenvalue weighted by Gasteiger charge is 2.18. The molecule has 4 N–H and O–H groups in total. The third kappa shape index (κ3) is 3.11. The van der Waals surface area contributed by atoms with Crippen molar-refractivity contribution in [2.24, 2.45) is 5.73 Å². The number of carbonyl (C=O) groups is 2. The average molecular weight is 356 g/mol. The Hall–Kier alpha value is -3.13. The lowest BCUT2D eigenvalue weighted by molar-refractivity contribution is 0.0827. The Morgan fingerprint density at radius 2 is 1.84 bits per heavy atom. The lowest BCUT2D eigenvalue weighted by Gasteiger charge is -2.11. The number of thiophene rings is 1. The van der Waals surface area contributed by atoms with Crippen molar-refractivity contribution in [3.8, 4) is 11.5 Å². The van der Waals surface area contributed by atoms with E-state index in [1.165, 1.54) is 4.90 Å². The molecule has 3 rings (SSSR count). The minimum atomic E-state index is -0.599. The SMILES string of the molecule is CN(C)C(=O)c1ccc(Oc2ccnc3sc(C(N)=O)c(N)c23)cc1. The van der Waals surface area contributed by atoms with E-state index in [1.54, 1.807) is 50.6 Å². The second-order valence-corrected chi connectivity index (χ2v) is 6.52. The van der Waals surface area contributed by atoms with Crippen LogP contribution in [0.1, 0.15) is 20.0 Å². The van der Waals surface area contributed by atoms with Crippen molar-refractivity contribution in [3.05, 3.63) is 47.0 Å². The summed E-state index contributed by atoms with van der Waals surface area (Å²) in [6.45, 7) is 0. The number of pyridine rings is 1. The van der Waals surface area contributed by atoms with Gasteiger partial charge in [-0.2, -0.15) is 0 Å². The molecular weight excluding hydrogens is 340 g/mol. The molecule has 128 valence electrons. The molecule has 0 saturated heterocycles. The first-order chi connectivity index (χ1) is 11.9. The molecule has 0 fully saturated rings. The van der Waals surface area contributed by atoms with Crippen LogP contribution in [-0.2, 0) is 0 Å². The van der Waals surface area contributed by atoms with E-state index in [0.717, 1.165) is 11.3 Å². The molecule has 7 nitrogen and oxygen atoms in total. The minimum Gasteiger partial charge on any atom is -0.456 e. The number of aromatic nitrogens is 1. The van der Waals surface area contributed by atoms with Crippen molar-refractivity contribution in [1.82, 2.24) is 9.88 Å². The van der Waals surface area contributed by atoms with E-state index in [1.807, 2.05) is 0 Å². The van der Waals surface area contributed by atoms with Gasteiger partial charge in [0.2, 0.25) is 0 Å². The van der Waals surface area contributed by atoms with Crippen LogP contribution in [0, 0.1) is 0 Å². The minimum absolute atomic E-state index is 0.0916. The number of fused-ring (bicyclic) bond motifs is 1. The topological polar surface area (TPSA) is 112 Å². The number of anilines is 1. The normalized spacial score (nSPS) is 10.6. The Balaban J connectivity index is 1.96. The predicted molar refractivity (Wildman–Crippen MR) is 97.1 cm³/mol. The van der Waals surface area contributed by atoms with Crippen LogP contribution in [0.5, 0.6) is 11.5 Å². The third-order valence-electron chi connectivity index (χ3n) is 3.55. The molecule has 1 aromatic carbocycles. The van der Waals surface area contributed by atoms with Crippen LogP contribution in [0.25, 0.3) is 10.2 Å². The van der Waals surface area contributed by atoms with Crippen LogP contribution >= 0.6 is 11.3 Å². The van der Waals surface area contributed by atoms with E-state index >= 15 is 0 Å². The Morgan fingerprint density at radius 1 is 1.16 bits per heavy atom. The van der Waals surface area contributed by atoms with Gasteiger partial charge in [0.05, 0.1) is 11.1 Å². The maximum Gasteiger partial charge on any atom is 0.260 e. The Labute approximate surface area is 147 Å². The molecule has 0 radical (unpaired) electrons. The summed E-state index contributed by atoms with van der Waals surface area (Å²) in [5.41, 5.74) is 12.2. The Bertz CT molecular complexity index is 964. The number of ether oxygens (including phenoxy) is 1.